The quantitative estimate of drug-likeness (QED) is 0.665. The van der Waals surface area contributed by atoms with Gasteiger partial charge < -0.3 is 15.5 Å². The number of anilines is 1. The molecule has 0 saturated carbocycles. The fourth-order valence-electron chi connectivity index (χ4n) is 4.16. The normalized spacial score (nSPS) is 20.3. The molecular weight excluding hydrogens is 412 g/mol. The van der Waals surface area contributed by atoms with Gasteiger partial charge in [-0.2, -0.15) is 0 Å². The molecule has 1 fully saturated rings. The summed E-state index contributed by atoms with van der Waals surface area (Å²) in [6.45, 7) is 0.404. The van der Waals surface area contributed by atoms with Crippen molar-refractivity contribution in [1.82, 2.24) is 15.2 Å². The number of rotatable bonds is 3. The van der Waals surface area contributed by atoms with Crippen LogP contribution in [0.5, 0.6) is 0 Å². The maximum Gasteiger partial charge on any atom is 0.256 e. The monoisotopic (exact) mass is 432 g/mol. The van der Waals surface area contributed by atoms with Crippen molar-refractivity contribution in [3.63, 3.8) is 0 Å². The second-order valence-corrected chi connectivity index (χ2v) is 8.62. The SMILES string of the molecule is O=C(N[C@H]1CCN2C(=O)c3cc(-c4cccs4)ccc3NC(=O)[C@@H]2C1)c1ccncc1. The number of benzene rings is 1. The summed E-state index contributed by atoms with van der Waals surface area (Å²) in [6, 6.07) is 12.0. The molecule has 0 spiro atoms. The number of nitrogens with one attached hydrogen (secondary N) is 2. The summed E-state index contributed by atoms with van der Waals surface area (Å²) < 4.78 is 0. The standard InChI is InChI=1S/C23H20N4O3S/c28-21(14-5-8-24-9-6-14)25-16-7-10-27-19(13-16)22(29)26-18-4-3-15(12-17(18)23(27)30)20-2-1-11-31-20/h1-6,8-9,11-12,16,19H,7,10,13H2,(H,25,28)(H,26,29)/t16-,19-/m0/s1. The van der Waals surface area contributed by atoms with Crippen molar-refractivity contribution in [2.75, 3.05) is 11.9 Å². The first-order chi connectivity index (χ1) is 15.1. The summed E-state index contributed by atoms with van der Waals surface area (Å²) >= 11 is 1.60. The minimum Gasteiger partial charge on any atom is -0.349 e. The second kappa shape index (κ2) is 7.96. The van der Waals surface area contributed by atoms with E-state index in [0.29, 0.717) is 36.2 Å². The lowest BCUT2D eigenvalue weighted by atomic mass is 9.95. The zero-order valence-electron chi connectivity index (χ0n) is 16.6. The van der Waals surface area contributed by atoms with E-state index in [4.69, 9.17) is 0 Å². The maximum absolute atomic E-state index is 13.3. The zero-order chi connectivity index (χ0) is 21.4. The van der Waals surface area contributed by atoms with Crippen molar-refractivity contribution in [2.45, 2.75) is 24.9 Å². The molecule has 2 N–H and O–H groups in total. The predicted octanol–water partition coefficient (Wildman–Crippen LogP) is 3.17. The Morgan fingerprint density at radius 3 is 2.77 bits per heavy atom. The van der Waals surface area contributed by atoms with E-state index in [1.165, 1.54) is 0 Å². The molecule has 31 heavy (non-hydrogen) atoms. The molecule has 156 valence electrons. The van der Waals surface area contributed by atoms with Crippen LogP contribution in [0.4, 0.5) is 5.69 Å². The Hall–Kier alpha value is -3.52. The molecule has 7 nitrogen and oxygen atoms in total. The fraction of sp³-hybridized carbons (Fsp3) is 0.217. The zero-order valence-corrected chi connectivity index (χ0v) is 17.4. The van der Waals surface area contributed by atoms with E-state index in [0.717, 1.165) is 10.4 Å². The van der Waals surface area contributed by atoms with Crippen LogP contribution in [-0.4, -0.2) is 46.2 Å². The van der Waals surface area contributed by atoms with Gasteiger partial charge in [0.1, 0.15) is 6.04 Å². The van der Waals surface area contributed by atoms with E-state index in [2.05, 4.69) is 15.6 Å². The Labute approximate surface area is 183 Å². The largest absolute Gasteiger partial charge is 0.349 e. The average Bonchev–Trinajstić information content (AvgIpc) is 3.31. The number of carbonyl (C=O) groups excluding carboxylic acids is 3. The highest BCUT2D eigenvalue weighted by atomic mass is 32.1. The number of amides is 3. The number of aromatic nitrogens is 1. The first kappa shape index (κ1) is 19.4. The number of thiophene rings is 1. The lowest BCUT2D eigenvalue weighted by molar-refractivity contribution is -0.121. The fourth-order valence-corrected chi connectivity index (χ4v) is 4.88. The average molecular weight is 433 g/mol. The summed E-state index contributed by atoms with van der Waals surface area (Å²) in [7, 11) is 0. The summed E-state index contributed by atoms with van der Waals surface area (Å²) in [5.74, 6) is -0.584. The third-order valence-electron chi connectivity index (χ3n) is 5.76. The van der Waals surface area contributed by atoms with Crippen molar-refractivity contribution in [2.24, 2.45) is 0 Å². The number of fused-ring (bicyclic) bond motifs is 2. The summed E-state index contributed by atoms with van der Waals surface area (Å²) in [4.78, 5) is 45.4. The molecule has 1 saturated heterocycles. The second-order valence-electron chi connectivity index (χ2n) is 7.67. The lowest BCUT2D eigenvalue weighted by Crippen LogP contribution is -2.55. The Kier molecular flexibility index (Phi) is 4.99. The smallest absolute Gasteiger partial charge is 0.256 e. The van der Waals surface area contributed by atoms with E-state index >= 15 is 0 Å². The molecule has 0 radical (unpaired) electrons. The predicted molar refractivity (Wildman–Crippen MR) is 118 cm³/mol. The highest BCUT2D eigenvalue weighted by Crippen LogP contribution is 2.33. The molecular formula is C23H20N4O3S. The van der Waals surface area contributed by atoms with Crippen molar-refractivity contribution in [3.05, 3.63) is 71.4 Å². The molecule has 0 aliphatic carbocycles. The van der Waals surface area contributed by atoms with Gasteiger partial charge in [-0.25, -0.2) is 0 Å². The van der Waals surface area contributed by atoms with E-state index < -0.39 is 6.04 Å². The van der Waals surface area contributed by atoms with E-state index in [1.54, 1.807) is 46.8 Å². The molecule has 2 aliphatic rings. The topological polar surface area (TPSA) is 91.4 Å². The van der Waals surface area contributed by atoms with Gasteiger partial charge in [0.05, 0.1) is 11.3 Å². The van der Waals surface area contributed by atoms with Crippen LogP contribution in [0.2, 0.25) is 0 Å². The van der Waals surface area contributed by atoms with Gasteiger partial charge in [-0.1, -0.05) is 12.1 Å². The molecule has 0 unspecified atom stereocenters. The van der Waals surface area contributed by atoms with Gasteiger partial charge in [0, 0.05) is 35.4 Å². The van der Waals surface area contributed by atoms with Gasteiger partial charge in [-0.3, -0.25) is 19.4 Å². The maximum atomic E-state index is 13.3. The molecule has 3 aromatic rings. The van der Waals surface area contributed by atoms with Gasteiger partial charge in [-0.15, -0.1) is 11.3 Å². The number of pyridine rings is 1. The van der Waals surface area contributed by atoms with Gasteiger partial charge >= 0.3 is 0 Å². The van der Waals surface area contributed by atoms with Crippen molar-refractivity contribution >= 4 is 34.7 Å². The van der Waals surface area contributed by atoms with Crippen LogP contribution in [0.15, 0.2) is 60.2 Å². The molecule has 5 rings (SSSR count). The first-order valence-electron chi connectivity index (χ1n) is 10.1. The minimum atomic E-state index is -0.624. The Balaban J connectivity index is 1.37. The van der Waals surface area contributed by atoms with Crippen LogP contribution in [-0.2, 0) is 4.79 Å². The van der Waals surface area contributed by atoms with E-state index in [-0.39, 0.29) is 23.8 Å². The van der Waals surface area contributed by atoms with E-state index in [9.17, 15) is 14.4 Å². The van der Waals surface area contributed by atoms with Crippen LogP contribution >= 0.6 is 11.3 Å². The van der Waals surface area contributed by atoms with Crippen LogP contribution in [0.1, 0.15) is 33.6 Å². The first-order valence-corrected chi connectivity index (χ1v) is 11.0. The molecule has 2 aromatic heterocycles. The summed E-state index contributed by atoms with van der Waals surface area (Å²) in [5, 5.41) is 7.89. The highest BCUT2D eigenvalue weighted by Gasteiger charge is 2.40. The van der Waals surface area contributed by atoms with Gasteiger partial charge in [-0.05, 0) is 54.1 Å². The Morgan fingerprint density at radius 1 is 1.16 bits per heavy atom. The summed E-state index contributed by atoms with van der Waals surface area (Å²) in [5.41, 5.74) is 2.50. The number of hydrogen-bond donors (Lipinski definition) is 2. The number of piperidine rings is 1. The molecule has 8 heteroatoms. The van der Waals surface area contributed by atoms with E-state index in [1.807, 2.05) is 29.6 Å². The molecule has 1 aromatic carbocycles. The number of carbonyl (C=O) groups is 3. The van der Waals surface area contributed by atoms with Crippen molar-refractivity contribution in [3.8, 4) is 10.4 Å². The highest BCUT2D eigenvalue weighted by molar-refractivity contribution is 7.13. The molecule has 2 atom stereocenters. The Bertz CT molecular complexity index is 1150. The Morgan fingerprint density at radius 2 is 2.00 bits per heavy atom. The van der Waals surface area contributed by atoms with Gasteiger partial charge in [0.25, 0.3) is 11.8 Å². The molecule has 0 bridgehead atoms. The number of hydrogen-bond acceptors (Lipinski definition) is 5. The van der Waals surface area contributed by atoms with Gasteiger partial charge in [0.2, 0.25) is 5.91 Å². The number of nitrogens with zero attached hydrogens (tertiary/aromatic N) is 2. The minimum absolute atomic E-state index is 0.157. The van der Waals surface area contributed by atoms with Crippen LogP contribution in [0.25, 0.3) is 10.4 Å². The van der Waals surface area contributed by atoms with Crippen molar-refractivity contribution in [1.29, 1.82) is 0 Å². The van der Waals surface area contributed by atoms with Crippen LogP contribution in [0.3, 0.4) is 0 Å². The van der Waals surface area contributed by atoms with Gasteiger partial charge in [0.15, 0.2) is 0 Å². The summed E-state index contributed by atoms with van der Waals surface area (Å²) in [6.07, 6.45) is 4.10. The lowest BCUT2D eigenvalue weighted by Gasteiger charge is -2.37. The van der Waals surface area contributed by atoms with Crippen molar-refractivity contribution < 1.29 is 14.4 Å². The van der Waals surface area contributed by atoms with Crippen LogP contribution < -0.4 is 10.6 Å². The molecule has 3 amide bonds. The molecule has 4 heterocycles. The van der Waals surface area contributed by atoms with Crippen LogP contribution in [0, 0.1) is 0 Å². The third kappa shape index (κ3) is 3.70. The molecule has 2 aliphatic heterocycles. The third-order valence-corrected chi connectivity index (χ3v) is 6.68.